The van der Waals surface area contributed by atoms with E-state index in [2.05, 4.69) is 10.4 Å². The lowest BCUT2D eigenvalue weighted by Gasteiger charge is -2.09. The average molecular weight is 445 g/mol. The van der Waals surface area contributed by atoms with Crippen LogP contribution in [0.25, 0.3) is 28.1 Å². The molecule has 0 fully saturated rings. The number of nitrogens with one attached hydrogen (secondary N) is 1. The average Bonchev–Trinajstić information content (AvgIpc) is 3.47. The first-order valence-electron chi connectivity index (χ1n) is 10.6. The van der Waals surface area contributed by atoms with Crippen molar-refractivity contribution in [3.8, 4) is 11.3 Å². The van der Waals surface area contributed by atoms with Gasteiger partial charge in [-0.05, 0) is 43.3 Å². The molecule has 0 saturated carbocycles. The number of anilines is 1. The summed E-state index contributed by atoms with van der Waals surface area (Å²) >= 11 is 0. The predicted molar refractivity (Wildman–Crippen MR) is 124 cm³/mol. The molecule has 5 aromatic rings. The maximum atomic E-state index is 13.1. The molecule has 3 heterocycles. The first-order valence-corrected chi connectivity index (χ1v) is 10.6. The van der Waals surface area contributed by atoms with Gasteiger partial charge in [-0.25, -0.2) is 13.9 Å². The first-order chi connectivity index (χ1) is 16.1. The Morgan fingerprint density at radius 1 is 1.06 bits per heavy atom. The zero-order chi connectivity index (χ0) is 22.9. The molecule has 168 valence electrons. The molecule has 33 heavy (non-hydrogen) atoms. The summed E-state index contributed by atoms with van der Waals surface area (Å²) in [7, 11) is 1.62. The van der Waals surface area contributed by atoms with Crippen molar-refractivity contribution >= 4 is 28.4 Å². The Balaban J connectivity index is 1.46. The van der Waals surface area contributed by atoms with Crippen LogP contribution in [0.1, 0.15) is 5.76 Å². The number of rotatable bonds is 7. The van der Waals surface area contributed by atoms with Crippen molar-refractivity contribution in [3.63, 3.8) is 0 Å². The van der Waals surface area contributed by atoms with Crippen molar-refractivity contribution in [2.75, 3.05) is 19.0 Å². The second-order valence-corrected chi connectivity index (χ2v) is 7.71. The van der Waals surface area contributed by atoms with Crippen molar-refractivity contribution in [3.05, 3.63) is 76.9 Å². The van der Waals surface area contributed by atoms with Crippen LogP contribution >= 0.6 is 0 Å². The fourth-order valence-electron chi connectivity index (χ4n) is 3.99. The van der Waals surface area contributed by atoms with E-state index < -0.39 is 0 Å². The van der Waals surface area contributed by atoms with Gasteiger partial charge in [-0.2, -0.15) is 0 Å². The highest BCUT2D eigenvalue weighted by molar-refractivity contribution is 5.94. The van der Waals surface area contributed by atoms with E-state index >= 15 is 0 Å². The maximum Gasteiger partial charge on any atom is 0.352 e. The number of para-hydroxylation sites is 3. The highest BCUT2D eigenvalue weighted by atomic mass is 16.5. The molecule has 3 aromatic heterocycles. The van der Waals surface area contributed by atoms with Crippen LogP contribution in [0.15, 0.2) is 69.9 Å². The number of furan rings is 1. The molecule has 0 aliphatic carbocycles. The topological polar surface area (TPSA) is 95.7 Å². The number of ether oxygens (including phenoxy) is 1. The van der Waals surface area contributed by atoms with Crippen molar-refractivity contribution < 1.29 is 13.9 Å². The lowest BCUT2D eigenvalue weighted by molar-refractivity contribution is -0.117. The van der Waals surface area contributed by atoms with Crippen LogP contribution in [0.5, 0.6) is 0 Å². The molecule has 2 aromatic carbocycles. The number of fused-ring (bicyclic) bond motifs is 3. The summed E-state index contributed by atoms with van der Waals surface area (Å²) in [5, 5.41) is 7.34. The molecule has 1 amide bonds. The molecule has 1 N–H and O–H groups in total. The number of hydrogen-bond acceptors (Lipinski definition) is 5. The highest BCUT2D eigenvalue weighted by Gasteiger charge is 2.19. The molecular formula is C24H23N5O4. The summed E-state index contributed by atoms with van der Waals surface area (Å²) < 4.78 is 15.6. The third-order valence-electron chi connectivity index (χ3n) is 5.50. The molecule has 5 rings (SSSR count). The standard InChI is InChI=1S/C24H23N5O4/c1-16-11-12-21(33-16)17-7-3-4-8-18(17)25-22(30)15-28-24(31)29-20-10-6-5-9-19(20)27(13-14-32-2)23(29)26-28/h3-12H,13-15H2,1-2H3,(H,25,30). The van der Waals surface area contributed by atoms with E-state index in [-0.39, 0.29) is 18.1 Å². The third-order valence-corrected chi connectivity index (χ3v) is 5.50. The Morgan fingerprint density at radius 2 is 1.82 bits per heavy atom. The molecule has 0 radical (unpaired) electrons. The number of aryl methyl sites for hydroxylation is 1. The van der Waals surface area contributed by atoms with Gasteiger partial charge in [0.05, 0.1) is 23.3 Å². The van der Waals surface area contributed by atoms with E-state index in [0.717, 1.165) is 22.4 Å². The molecule has 0 atom stereocenters. The van der Waals surface area contributed by atoms with Crippen molar-refractivity contribution in [1.29, 1.82) is 0 Å². The van der Waals surface area contributed by atoms with Gasteiger partial charge in [0.1, 0.15) is 18.1 Å². The molecule has 9 nitrogen and oxygen atoms in total. The Hall–Kier alpha value is -4.11. The number of aromatic nitrogens is 4. The zero-order valence-electron chi connectivity index (χ0n) is 18.3. The monoisotopic (exact) mass is 445 g/mol. The van der Waals surface area contributed by atoms with E-state index in [0.29, 0.717) is 30.4 Å². The van der Waals surface area contributed by atoms with Gasteiger partial charge in [0.15, 0.2) is 0 Å². The second-order valence-electron chi connectivity index (χ2n) is 7.71. The quantitative estimate of drug-likeness (QED) is 0.415. The van der Waals surface area contributed by atoms with E-state index in [1.165, 1.54) is 9.08 Å². The normalized spacial score (nSPS) is 11.5. The molecule has 0 spiro atoms. The van der Waals surface area contributed by atoms with Gasteiger partial charge >= 0.3 is 5.69 Å². The molecule has 9 heteroatoms. The molecule has 0 aliphatic heterocycles. The van der Waals surface area contributed by atoms with Gasteiger partial charge in [-0.15, -0.1) is 5.10 Å². The Bertz CT molecular complexity index is 1520. The van der Waals surface area contributed by atoms with Crippen molar-refractivity contribution in [2.45, 2.75) is 20.0 Å². The molecular weight excluding hydrogens is 422 g/mol. The zero-order valence-corrected chi connectivity index (χ0v) is 18.3. The van der Waals surface area contributed by atoms with Crippen LogP contribution in [0.4, 0.5) is 5.69 Å². The van der Waals surface area contributed by atoms with Gasteiger partial charge in [0.25, 0.3) is 0 Å². The maximum absolute atomic E-state index is 13.1. The van der Waals surface area contributed by atoms with Crippen LogP contribution in [0.2, 0.25) is 0 Å². The van der Waals surface area contributed by atoms with E-state index in [4.69, 9.17) is 9.15 Å². The van der Waals surface area contributed by atoms with Gasteiger partial charge in [0, 0.05) is 19.2 Å². The van der Waals surface area contributed by atoms with Gasteiger partial charge in [-0.3, -0.25) is 4.79 Å². The first kappa shape index (κ1) is 20.8. The van der Waals surface area contributed by atoms with E-state index in [9.17, 15) is 9.59 Å². The summed E-state index contributed by atoms with van der Waals surface area (Å²) in [4.78, 5) is 26.0. The number of hydrogen-bond donors (Lipinski definition) is 1. The van der Waals surface area contributed by atoms with Gasteiger partial charge < -0.3 is 19.0 Å². The Labute approximate surface area is 188 Å². The van der Waals surface area contributed by atoms with E-state index in [1.54, 1.807) is 13.2 Å². The van der Waals surface area contributed by atoms with Crippen molar-refractivity contribution in [1.82, 2.24) is 18.7 Å². The number of nitrogens with zero attached hydrogens (tertiary/aromatic N) is 4. The SMILES string of the molecule is COCCn1c2ccccc2n2c(=O)n(CC(=O)Nc3ccccc3-c3ccc(C)o3)nc12. The summed E-state index contributed by atoms with van der Waals surface area (Å²) in [5.41, 5.74) is 2.61. The third kappa shape index (κ3) is 3.72. The minimum Gasteiger partial charge on any atom is -0.461 e. The number of amides is 1. The fraction of sp³-hybridized carbons (Fsp3) is 0.208. The Kier molecular flexibility index (Phi) is 5.31. The van der Waals surface area contributed by atoms with Crippen LogP contribution in [-0.4, -0.2) is 38.4 Å². The minimum atomic E-state index is -0.373. The number of carbonyl (C=O) groups excluding carboxylic acids is 1. The fourth-order valence-corrected chi connectivity index (χ4v) is 3.99. The summed E-state index contributed by atoms with van der Waals surface area (Å²) in [5.74, 6) is 1.55. The van der Waals surface area contributed by atoms with Crippen LogP contribution < -0.4 is 11.0 Å². The van der Waals surface area contributed by atoms with Gasteiger partial charge in [-0.1, -0.05) is 24.3 Å². The summed E-state index contributed by atoms with van der Waals surface area (Å²) in [6.45, 7) is 2.65. The summed E-state index contributed by atoms with van der Waals surface area (Å²) in [6, 6.07) is 18.7. The van der Waals surface area contributed by atoms with Crippen LogP contribution in [0, 0.1) is 6.92 Å². The van der Waals surface area contributed by atoms with E-state index in [1.807, 2.05) is 66.1 Å². The van der Waals surface area contributed by atoms with Crippen LogP contribution in [0.3, 0.4) is 0 Å². The molecule has 0 aliphatic rings. The smallest absolute Gasteiger partial charge is 0.352 e. The minimum absolute atomic E-state index is 0.218. The van der Waals surface area contributed by atoms with Crippen molar-refractivity contribution in [2.24, 2.45) is 0 Å². The number of benzene rings is 2. The second kappa shape index (κ2) is 8.44. The molecule has 0 unspecified atom stereocenters. The van der Waals surface area contributed by atoms with Gasteiger partial charge in [0.2, 0.25) is 11.7 Å². The van der Waals surface area contributed by atoms with Crippen LogP contribution in [-0.2, 0) is 22.6 Å². The summed E-state index contributed by atoms with van der Waals surface area (Å²) in [6.07, 6.45) is 0. The number of carbonyl (C=O) groups is 1. The lowest BCUT2D eigenvalue weighted by Crippen LogP contribution is -2.28. The Morgan fingerprint density at radius 3 is 2.58 bits per heavy atom. The number of imidazole rings is 1. The highest BCUT2D eigenvalue weighted by Crippen LogP contribution is 2.29. The predicted octanol–water partition coefficient (Wildman–Crippen LogP) is 3.30. The largest absolute Gasteiger partial charge is 0.461 e. The molecule has 0 saturated heterocycles. The lowest BCUT2D eigenvalue weighted by atomic mass is 10.1. The molecule has 0 bridgehead atoms. The number of methoxy groups -OCH3 is 1.